The second kappa shape index (κ2) is 6.03. The second-order valence-corrected chi connectivity index (χ2v) is 8.35. The second-order valence-electron chi connectivity index (χ2n) is 5.35. The van der Waals surface area contributed by atoms with Crippen LogP contribution in [0.2, 0.25) is 0 Å². The minimum atomic E-state index is -1.24. The molecule has 0 amide bonds. The summed E-state index contributed by atoms with van der Waals surface area (Å²) < 4.78 is 15.6. The number of hydrogen-bond acceptors (Lipinski definition) is 5. The summed E-state index contributed by atoms with van der Waals surface area (Å²) in [5, 5.41) is 0.889. The van der Waals surface area contributed by atoms with E-state index in [1.807, 2.05) is 46.0 Å². The fourth-order valence-electron chi connectivity index (χ4n) is 1.33. The molecule has 0 aliphatic heterocycles. The number of thiazole rings is 1. The van der Waals surface area contributed by atoms with E-state index in [1.54, 1.807) is 12.4 Å². The first kappa shape index (κ1) is 15.2. The third-order valence-corrected chi connectivity index (χ3v) is 4.81. The van der Waals surface area contributed by atoms with Gasteiger partial charge in [-0.3, -0.25) is 4.98 Å². The molecule has 1 unspecified atom stereocenters. The Morgan fingerprint density at radius 3 is 2.60 bits per heavy atom. The van der Waals surface area contributed by atoms with Crippen LogP contribution in [0.5, 0.6) is 0 Å². The summed E-state index contributed by atoms with van der Waals surface area (Å²) in [5.74, 6) is 0. The van der Waals surface area contributed by atoms with Crippen molar-refractivity contribution < 1.29 is 4.55 Å². The van der Waals surface area contributed by atoms with Crippen molar-refractivity contribution in [1.82, 2.24) is 9.97 Å². The van der Waals surface area contributed by atoms with Gasteiger partial charge in [0, 0.05) is 23.7 Å². The average molecular weight is 307 g/mol. The van der Waals surface area contributed by atoms with Gasteiger partial charge in [-0.25, -0.2) is 4.98 Å². The molecular weight excluding hydrogens is 290 g/mol. The van der Waals surface area contributed by atoms with Crippen molar-refractivity contribution in [2.75, 3.05) is 0 Å². The molecule has 2 aromatic rings. The van der Waals surface area contributed by atoms with Crippen LogP contribution in [0, 0.1) is 6.92 Å². The third-order valence-electron chi connectivity index (χ3n) is 2.48. The lowest BCUT2D eigenvalue weighted by Crippen LogP contribution is -2.25. The van der Waals surface area contributed by atoms with E-state index >= 15 is 0 Å². The third kappa shape index (κ3) is 3.88. The van der Waals surface area contributed by atoms with Gasteiger partial charge in [0.1, 0.15) is 21.1 Å². The molecule has 0 bridgehead atoms. The summed E-state index contributed by atoms with van der Waals surface area (Å²) in [6.07, 6.45) is 5.18. The largest absolute Gasteiger partial charge is 0.591 e. The van der Waals surface area contributed by atoms with E-state index in [0.717, 1.165) is 21.1 Å². The zero-order chi connectivity index (χ0) is 14.8. The van der Waals surface area contributed by atoms with Crippen molar-refractivity contribution in [1.29, 1.82) is 0 Å². The summed E-state index contributed by atoms with van der Waals surface area (Å²) in [7, 11) is 0. The fraction of sp³-hybridized carbons (Fsp3) is 0.357. The molecule has 0 saturated carbocycles. The van der Waals surface area contributed by atoms with Crippen LogP contribution < -0.4 is 0 Å². The summed E-state index contributed by atoms with van der Waals surface area (Å²) >= 11 is 0.269. The van der Waals surface area contributed by atoms with Crippen LogP contribution in [0.15, 0.2) is 28.9 Å². The maximum Gasteiger partial charge on any atom is 0.144 e. The number of aryl methyl sites for hydroxylation is 1. The van der Waals surface area contributed by atoms with Crippen LogP contribution in [-0.2, 0) is 11.4 Å². The molecule has 4 nitrogen and oxygen atoms in total. The van der Waals surface area contributed by atoms with E-state index in [0.29, 0.717) is 0 Å². The molecule has 1 atom stereocenters. The summed E-state index contributed by atoms with van der Waals surface area (Å²) in [6.45, 7) is 7.65. The number of rotatable bonds is 3. The van der Waals surface area contributed by atoms with Gasteiger partial charge in [0.05, 0.1) is 11.1 Å². The molecule has 0 saturated heterocycles. The van der Waals surface area contributed by atoms with Crippen LogP contribution >= 0.6 is 11.3 Å². The van der Waals surface area contributed by atoms with Crippen molar-refractivity contribution in [3.05, 3.63) is 35.1 Å². The monoisotopic (exact) mass is 307 g/mol. The Bertz CT molecular complexity index is 600. The van der Waals surface area contributed by atoms with E-state index < -0.39 is 11.4 Å². The van der Waals surface area contributed by atoms with E-state index in [1.165, 1.54) is 11.3 Å². The summed E-state index contributed by atoms with van der Waals surface area (Å²) in [4.78, 5) is 9.49. The van der Waals surface area contributed by atoms with Crippen molar-refractivity contribution in [2.45, 2.75) is 32.4 Å². The first-order valence-electron chi connectivity index (χ1n) is 6.21. The Morgan fingerprint density at radius 1 is 1.25 bits per heavy atom. The maximum absolute atomic E-state index is 11.8. The molecule has 2 heterocycles. The lowest BCUT2D eigenvalue weighted by molar-refractivity contribution is 0.562. The van der Waals surface area contributed by atoms with Crippen LogP contribution in [0.1, 0.15) is 31.3 Å². The highest BCUT2D eigenvalue weighted by Gasteiger charge is 2.25. The smallest absolute Gasteiger partial charge is 0.144 e. The predicted molar refractivity (Wildman–Crippen MR) is 85.6 cm³/mol. The molecule has 0 fully saturated rings. The maximum atomic E-state index is 11.8. The predicted octanol–water partition coefficient (Wildman–Crippen LogP) is 3.39. The molecule has 0 aromatic carbocycles. The molecule has 20 heavy (non-hydrogen) atoms. The van der Waals surface area contributed by atoms with Gasteiger partial charge in [-0.05, 0) is 39.8 Å². The first-order valence-corrected chi connectivity index (χ1v) is 8.13. The molecule has 2 rings (SSSR count). The molecule has 2 aromatic heterocycles. The van der Waals surface area contributed by atoms with E-state index in [4.69, 9.17) is 0 Å². The average Bonchev–Trinajstić information content (AvgIpc) is 2.84. The lowest BCUT2D eigenvalue weighted by Gasteiger charge is -2.17. The summed E-state index contributed by atoms with van der Waals surface area (Å²) in [6, 6.07) is 3.95. The quantitative estimate of drug-likeness (QED) is 0.645. The molecule has 0 N–H and O–H groups in total. The van der Waals surface area contributed by atoms with E-state index in [9.17, 15) is 4.55 Å². The Labute approximate surface area is 126 Å². The lowest BCUT2D eigenvalue weighted by atomic mass is 10.3. The minimum absolute atomic E-state index is 0.342. The van der Waals surface area contributed by atoms with Gasteiger partial charge >= 0.3 is 0 Å². The Balaban J connectivity index is 2.13. The first-order chi connectivity index (χ1) is 9.36. The van der Waals surface area contributed by atoms with Crippen LogP contribution in [0.4, 0.5) is 0 Å². The molecule has 0 radical (unpaired) electrons. The van der Waals surface area contributed by atoms with Gasteiger partial charge in [0.2, 0.25) is 0 Å². The number of hydrogen-bond donors (Lipinski definition) is 0. The highest BCUT2D eigenvalue weighted by molar-refractivity contribution is 7.91. The van der Waals surface area contributed by atoms with Gasteiger partial charge in [-0.1, -0.05) is 4.40 Å². The Kier molecular flexibility index (Phi) is 4.57. The Hall–Kier alpha value is -1.24. The summed E-state index contributed by atoms with van der Waals surface area (Å²) in [5.41, 5.74) is 1.96. The van der Waals surface area contributed by atoms with Gasteiger partial charge < -0.3 is 4.55 Å². The molecule has 6 heteroatoms. The van der Waals surface area contributed by atoms with Crippen LogP contribution in [0.3, 0.4) is 0 Å². The molecule has 106 valence electrons. The van der Waals surface area contributed by atoms with Gasteiger partial charge in [0.25, 0.3) is 0 Å². The molecular formula is C14H17N3OS2. The molecule has 0 aliphatic rings. The van der Waals surface area contributed by atoms with Crippen molar-refractivity contribution in [3.63, 3.8) is 0 Å². The number of nitrogens with zero attached hydrogens (tertiary/aromatic N) is 3. The standard InChI is InChI=1S/C14H17N3OS2/c1-10-5-6-11(7-15-10)13-16-8-12(19-13)9-17-20(18)14(2,3)4/h5-9H,1-4H3/b17-9+. The van der Waals surface area contributed by atoms with Crippen molar-refractivity contribution in [2.24, 2.45) is 4.40 Å². The van der Waals surface area contributed by atoms with E-state index in [2.05, 4.69) is 14.4 Å². The SMILES string of the molecule is Cc1ccc(-c2ncc(/C=N/[S+]([O-])C(C)(C)C)s2)cn1. The van der Waals surface area contributed by atoms with Crippen molar-refractivity contribution >= 4 is 28.9 Å². The van der Waals surface area contributed by atoms with Crippen LogP contribution in [-0.4, -0.2) is 25.5 Å². The van der Waals surface area contributed by atoms with Crippen LogP contribution in [0.25, 0.3) is 10.6 Å². The van der Waals surface area contributed by atoms with E-state index in [-0.39, 0.29) is 4.75 Å². The van der Waals surface area contributed by atoms with Gasteiger partial charge in [-0.2, -0.15) is 0 Å². The number of aromatic nitrogens is 2. The highest BCUT2D eigenvalue weighted by Crippen LogP contribution is 2.24. The van der Waals surface area contributed by atoms with Gasteiger partial charge in [0.15, 0.2) is 0 Å². The van der Waals surface area contributed by atoms with Gasteiger partial charge in [-0.15, -0.1) is 11.3 Å². The fourth-order valence-corrected chi connectivity index (χ4v) is 2.70. The normalized spacial score (nSPS) is 13.8. The Morgan fingerprint density at radius 2 is 2.00 bits per heavy atom. The molecule has 0 spiro atoms. The minimum Gasteiger partial charge on any atom is -0.591 e. The zero-order valence-corrected chi connectivity index (χ0v) is 13.6. The topological polar surface area (TPSA) is 61.2 Å². The van der Waals surface area contributed by atoms with Crippen molar-refractivity contribution in [3.8, 4) is 10.6 Å². The zero-order valence-electron chi connectivity index (χ0n) is 12.0. The highest BCUT2D eigenvalue weighted by atomic mass is 32.2. The molecule has 0 aliphatic carbocycles. The number of pyridine rings is 1.